The van der Waals surface area contributed by atoms with Crippen LogP contribution in [0, 0.1) is 10.4 Å². The minimum atomic E-state index is -1.09. The highest BCUT2D eigenvalue weighted by atomic mass is 35.5. The largest absolute Gasteiger partial charge is 0.628 e. The van der Waals surface area contributed by atoms with Crippen LogP contribution in [0.25, 0.3) is 0 Å². The van der Waals surface area contributed by atoms with E-state index >= 15 is 0 Å². The number of nitrogens with one attached hydrogen (secondary N) is 1. The molecule has 136 valence electrons. The second-order valence-corrected chi connectivity index (χ2v) is 5.85. The standard InChI is InChI=1S/C16H12Cl2N2O6/c17-7-13(21)25-11-5-1-3-9-15(11)20(24)10-4-2-6-12(16(10)19(9)23)26-14(22)8-18/h1-6,15,20H,7-8H2. The van der Waals surface area contributed by atoms with Crippen molar-refractivity contribution in [1.29, 1.82) is 0 Å². The number of fused-ring (bicyclic) bond motifs is 2. The molecular weight excluding hydrogens is 387 g/mol. The number of hydrogen-bond donors (Lipinski definition) is 1. The predicted molar refractivity (Wildman–Crippen MR) is 92.9 cm³/mol. The molecule has 1 aromatic rings. The summed E-state index contributed by atoms with van der Waals surface area (Å²) in [5.41, 5.74) is -0.0229. The zero-order valence-electron chi connectivity index (χ0n) is 13.1. The van der Waals surface area contributed by atoms with Gasteiger partial charge < -0.3 is 25.0 Å². The predicted octanol–water partition coefficient (Wildman–Crippen LogP) is 1.05. The van der Waals surface area contributed by atoms with E-state index in [1.165, 1.54) is 36.4 Å². The lowest BCUT2D eigenvalue weighted by Crippen LogP contribution is -3.09. The van der Waals surface area contributed by atoms with E-state index in [4.69, 9.17) is 32.7 Å². The van der Waals surface area contributed by atoms with Crippen LogP contribution in [-0.2, 0) is 14.3 Å². The molecule has 0 spiro atoms. The van der Waals surface area contributed by atoms with Crippen LogP contribution in [0.5, 0.6) is 5.75 Å². The van der Waals surface area contributed by atoms with Crippen molar-refractivity contribution in [3.63, 3.8) is 0 Å². The first-order valence-corrected chi connectivity index (χ1v) is 8.47. The number of hydrogen-bond acceptors (Lipinski definition) is 6. The van der Waals surface area contributed by atoms with Gasteiger partial charge in [-0.1, -0.05) is 12.1 Å². The Kier molecular flexibility index (Phi) is 5.28. The van der Waals surface area contributed by atoms with Crippen molar-refractivity contribution in [2.75, 3.05) is 11.8 Å². The van der Waals surface area contributed by atoms with Crippen molar-refractivity contribution in [2.45, 2.75) is 6.04 Å². The fourth-order valence-electron chi connectivity index (χ4n) is 2.73. The zero-order chi connectivity index (χ0) is 18.8. The van der Waals surface area contributed by atoms with Crippen molar-refractivity contribution in [1.82, 2.24) is 0 Å². The lowest BCUT2D eigenvalue weighted by atomic mass is 10.00. The maximum Gasteiger partial charge on any atom is 0.326 e. The average Bonchev–Trinajstić information content (AvgIpc) is 2.65. The third kappa shape index (κ3) is 3.19. The lowest BCUT2D eigenvalue weighted by molar-refractivity contribution is -0.797. The van der Waals surface area contributed by atoms with Gasteiger partial charge in [0.15, 0.2) is 5.76 Å². The third-order valence-corrected chi connectivity index (χ3v) is 4.18. The van der Waals surface area contributed by atoms with Gasteiger partial charge in [0.05, 0.1) is 0 Å². The van der Waals surface area contributed by atoms with Crippen LogP contribution < -0.4 is 9.80 Å². The highest BCUT2D eigenvalue weighted by molar-refractivity contribution is 6.26. The molecule has 1 aromatic carbocycles. The molecule has 0 amide bonds. The maximum absolute atomic E-state index is 12.9. The molecule has 0 bridgehead atoms. The number of rotatable bonds is 4. The molecule has 2 unspecified atom stereocenters. The Morgan fingerprint density at radius 1 is 1.19 bits per heavy atom. The van der Waals surface area contributed by atoms with E-state index in [1.807, 2.05) is 0 Å². The molecule has 0 radical (unpaired) electrons. The number of benzene rings is 1. The Labute approximate surface area is 157 Å². The molecule has 1 heterocycles. The number of hydroxylamine groups is 1. The number of nitrogens with zero attached hydrogens (tertiary/aromatic N) is 1. The fourth-order valence-corrected chi connectivity index (χ4v) is 2.84. The molecule has 1 aliphatic heterocycles. The molecule has 2 aliphatic rings. The molecule has 8 nitrogen and oxygen atoms in total. The van der Waals surface area contributed by atoms with Gasteiger partial charge in [0, 0.05) is 12.1 Å². The van der Waals surface area contributed by atoms with E-state index in [1.54, 1.807) is 0 Å². The number of alkyl halides is 2. The van der Waals surface area contributed by atoms with Crippen molar-refractivity contribution >= 4 is 52.2 Å². The summed E-state index contributed by atoms with van der Waals surface area (Å²) in [4.78, 5) is 23.0. The first-order valence-electron chi connectivity index (χ1n) is 7.40. The summed E-state index contributed by atoms with van der Waals surface area (Å²) < 4.78 is 10.6. The Balaban J connectivity index is 2.08. The van der Waals surface area contributed by atoms with Gasteiger partial charge in [-0.15, -0.1) is 23.2 Å². The van der Waals surface area contributed by atoms with Crippen molar-refractivity contribution in [3.05, 3.63) is 52.6 Å². The topological polar surface area (TPSA) is 106 Å². The number of carbonyl (C=O) groups excluding carboxylic acids is 2. The summed E-state index contributed by atoms with van der Waals surface area (Å²) in [7, 11) is 0. The van der Waals surface area contributed by atoms with Gasteiger partial charge >= 0.3 is 17.6 Å². The lowest BCUT2D eigenvalue weighted by Gasteiger charge is -2.35. The quantitative estimate of drug-likeness (QED) is 0.267. The molecule has 3 rings (SSSR count). The van der Waals surface area contributed by atoms with Crippen molar-refractivity contribution in [2.24, 2.45) is 0 Å². The second kappa shape index (κ2) is 7.46. The van der Waals surface area contributed by atoms with Crippen LogP contribution in [-0.4, -0.2) is 40.2 Å². The van der Waals surface area contributed by atoms with Gasteiger partial charge in [0.2, 0.25) is 17.5 Å². The SMILES string of the molecule is O=C(CCl)OC1=CC=CC2=[N+]([O-])c3c(OC(=O)CCl)cccc3[NH+]([O-])C12. The highest BCUT2D eigenvalue weighted by Gasteiger charge is 2.44. The van der Waals surface area contributed by atoms with Gasteiger partial charge in [0.1, 0.15) is 11.8 Å². The number of ether oxygens (including phenoxy) is 2. The van der Waals surface area contributed by atoms with Crippen molar-refractivity contribution in [3.8, 4) is 5.75 Å². The van der Waals surface area contributed by atoms with E-state index in [2.05, 4.69) is 0 Å². The molecule has 1 aliphatic carbocycles. The van der Waals surface area contributed by atoms with E-state index in [0.29, 0.717) is 4.74 Å². The normalized spacial score (nSPS) is 20.8. The fraction of sp³-hybridized carbons (Fsp3) is 0.188. The van der Waals surface area contributed by atoms with Crippen LogP contribution in [0.3, 0.4) is 0 Å². The Morgan fingerprint density at radius 3 is 2.58 bits per heavy atom. The van der Waals surface area contributed by atoms with Crippen LogP contribution in [0.1, 0.15) is 0 Å². The van der Waals surface area contributed by atoms with Crippen molar-refractivity contribution < 1.29 is 28.9 Å². The number of quaternary nitrogens is 1. The van der Waals surface area contributed by atoms with Gasteiger partial charge in [-0.25, -0.2) is 0 Å². The van der Waals surface area contributed by atoms with Crippen LogP contribution >= 0.6 is 23.2 Å². The molecule has 2 atom stereocenters. The van der Waals surface area contributed by atoms with E-state index in [-0.39, 0.29) is 28.6 Å². The van der Waals surface area contributed by atoms with E-state index < -0.39 is 34.8 Å². The summed E-state index contributed by atoms with van der Waals surface area (Å²) >= 11 is 10.9. The van der Waals surface area contributed by atoms with E-state index in [0.717, 1.165) is 0 Å². The minimum absolute atomic E-state index is 0.00723. The van der Waals surface area contributed by atoms with Crippen LogP contribution in [0.15, 0.2) is 42.2 Å². The summed E-state index contributed by atoms with van der Waals surface area (Å²) in [6, 6.07) is 3.20. The summed E-state index contributed by atoms with van der Waals surface area (Å²) in [5.74, 6) is -2.38. The molecule has 26 heavy (non-hydrogen) atoms. The van der Waals surface area contributed by atoms with Gasteiger partial charge in [0.25, 0.3) is 5.71 Å². The number of allylic oxidation sites excluding steroid dienone is 2. The number of halogens is 2. The monoisotopic (exact) mass is 398 g/mol. The number of carbonyl (C=O) groups is 2. The van der Waals surface area contributed by atoms with Gasteiger partial charge in [-0.2, -0.15) is 4.74 Å². The summed E-state index contributed by atoms with van der Waals surface area (Å²) in [6.45, 7) is 0. The molecule has 10 heteroatoms. The molecule has 0 aromatic heterocycles. The second-order valence-electron chi connectivity index (χ2n) is 5.31. The highest BCUT2D eigenvalue weighted by Crippen LogP contribution is 2.36. The number of para-hydroxylation sites is 1. The zero-order valence-corrected chi connectivity index (χ0v) is 14.6. The maximum atomic E-state index is 12.9. The van der Waals surface area contributed by atoms with Gasteiger partial charge in [-0.3, -0.25) is 9.59 Å². The Morgan fingerprint density at radius 2 is 1.88 bits per heavy atom. The minimum Gasteiger partial charge on any atom is -0.628 e. The molecular formula is C16H12Cl2N2O6. The molecule has 1 N–H and O–H groups in total. The van der Waals surface area contributed by atoms with Crippen LogP contribution in [0.2, 0.25) is 0 Å². The first kappa shape index (κ1) is 18.4. The average molecular weight is 399 g/mol. The Hall–Kier alpha value is -2.39. The number of esters is 2. The summed E-state index contributed by atoms with van der Waals surface area (Å²) in [5, 5.41) is 25.3. The molecule has 0 saturated heterocycles. The summed E-state index contributed by atoms with van der Waals surface area (Å²) in [6.07, 6.45) is 4.32. The smallest absolute Gasteiger partial charge is 0.326 e. The molecule has 0 fully saturated rings. The van der Waals surface area contributed by atoms with E-state index in [9.17, 15) is 20.0 Å². The Bertz CT molecular complexity index is 864. The molecule has 0 saturated carbocycles. The third-order valence-electron chi connectivity index (χ3n) is 3.75. The van der Waals surface area contributed by atoms with Gasteiger partial charge in [-0.05, 0) is 12.1 Å². The first-order chi connectivity index (χ1) is 12.5. The van der Waals surface area contributed by atoms with Crippen LogP contribution in [0.4, 0.5) is 11.4 Å².